The van der Waals surface area contributed by atoms with Crippen LogP contribution < -0.4 is 5.56 Å². The van der Waals surface area contributed by atoms with Crippen molar-refractivity contribution in [2.45, 2.75) is 6.43 Å². The number of nitrogens with zero attached hydrogens (tertiary/aromatic N) is 3. The molecule has 0 saturated heterocycles. The van der Waals surface area contributed by atoms with E-state index >= 15 is 0 Å². The Labute approximate surface area is 118 Å². The maximum absolute atomic E-state index is 12.5. The Kier molecular flexibility index (Phi) is 4.59. The fourth-order valence-corrected chi connectivity index (χ4v) is 1.91. The minimum absolute atomic E-state index is 0.278. The van der Waals surface area contributed by atoms with Crippen LogP contribution >= 0.6 is 0 Å². The molecule has 0 radical (unpaired) electrons. The van der Waals surface area contributed by atoms with Gasteiger partial charge in [-0.25, -0.2) is 13.8 Å². The minimum Gasteiger partial charge on any atom is -0.395 e. The number of amides is 1. The quantitative estimate of drug-likeness (QED) is 0.866. The van der Waals surface area contributed by atoms with E-state index in [1.165, 1.54) is 6.20 Å². The lowest BCUT2D eigenvalue weighted by molar-refractivity contribution is 0.0507. The standard InChI is InChI=1S/C13H13F2N3O3/c14-10(15)8-17(5-6-19)12(20)9-7-16-11-3-1-2-4-18(11)13(9)21/h1-4,7,10,19H,5-6,8H2. The zero-order valence-corrected chi connectivity index (χ0v) is 10.9. The number of aliphatic hydroxyl groups excluding tert-OH is 1. The maximum atomic E-state index is 12.5. The number of fused-ring (bicyclic) bond motifs is 1. The Morgan fingerprint density at radius 3 is 2.86 bits per heavy atom. The van der Waals surface area contributed by atoms with Crippen LogP contribution in [-0.2, 0) is 0 Å². The Morgan fingerprint density at radius 2 is 2.19 bits per heavy atom. The van der Waals surface area contributed by atoms with Crippen molar-refractivity contribution in [2.75, 3.05) is 19.7 Å². The van der Waals surface area contributed by atoms with E-state index in [-0.39, 0.29) is 12.1 Å². The zero-order valence-electron chi connectivity index (χ0n) is 10.9. The van der Waals surface area contributed by atoms with Gasteiger partial charge in [0.15, 0.2) is 0 Å². The van der Waals surface area contributed by atoms with Gasteiger partial charge in [0.05, 0.1) is 13.2 Å². The summed E-state index contributed by atoms with van der Waals surface area (Å²) in [6.07, 6.45) is -0.252. The van der Waals surface area contributed by atoms with Crippen LogP contribution in [0, 0.1) is 0 Å². The molecule has 0 bridgehead atoms. The number of carbonyl (C=O) groups excluding carboxylic acids is 1. The highest BCUT2D eigenvalue weighted by Crippen LogP contribution is 2.05. The summed E-state index contributed by atoms with van der Waals surface area (Å²) in [5.74, 6) is -0.875. The van der Waals surface area contributed by atoms with Crippen LogP contribution in [-0.4, -0.2) is 51.4 Å². The lowest BCUT2D eigenvalue weighted by Crippen LogP contribution is -2.40. The second-order valence-corrected chi connectivity index (χ2v) is 4.27. The molecular weight excluding hydrogens is 284 g/mol. The minimum atomic E-state index is -2.75. The molecule has 0 aliphatic rings. The Balaban J connectivity index is 2.42. The van der Waals surface area contributed by atoms with Crippen LogP contribution in [0.2, 0.25) is 0 Å². The number of hydrogen-bond donors (Lipinski definition) is 1. The summed E-state index contributed by atoms with van der Waals surface area (Å²) in [5.41, 5.74) is -0.600. The monoisotopic (exact) mass is 297 g/mol. The van der Waals surface area contributed by atoms with Crippen LogP contribution in [0.15, 0.2) is 35.4 Å². The van der Waals surface area contributed by atoms with Gasteiger partial charge in [-0.3, -0.25) is 14.0 Å². The van der Waals surface area contributed by atoms with Gasteiger partial charge in [0.2, 0.25) is 0 Å². The van der Waals surface area contributed by atoms with Gasteiger partial charge in [-0.15, -0.1) is 0 Å². The van der Waals surface area contributed by atoms with Crippen molar-refractivity contribution in [3.05, 3.63) is 46.5 Å². The van der Waals surface area contributed by atoms with Crippen LogP contribution in [0.3, 0.4) is 0 Å². The van der Waals surface area contributed by atoms with Crippen molar-refractivity contribution in [1.82, 2.24) is 14.3 Å². The molecule has 8 heteroatoms. The molecule has 1 N–H and O–H groups in total. The summed E-state index contributed by atoms with van der Waals surface area (Å²) in [5, 5.41) is 8.85. The fraction of sp³-hybridized carbons (Fsp3) is 0.308. The van der Waals surface area contributed by atoms with Gasteiger partial charge in [0.25, 0.3) is 17.9 Å². The predicted molar refractivity (Wildman–Crippen MR) is 70.5 cm³/mol. The number of pyridine rings is 1. The number of hydrogen-bond acceptors (Lipinski definition) is 4. The third-order valence-electron chi connectivity index (χ3n) is 2.86. The summed E-state index contributed by atoms with van der Waals surface area (Å²) in [6.45, 7) is -1.60. The molecule has 0 unspecified atom stereocenters. The Hall–Kier alpha value is -2.35. The average molecular weight is 297 g/mol. The highest BCUT2D eigenvalue weighted by atomic mass is 19.3. The molecule has 0 aliphatic heterocycles. The zero-order chi connectivity index (χ0) is 15.4. The highest BCUT2D eigenvalue weighted by Gasteiger charge is 2.22. The molecule has 112 valence electrons. The number of aromatic nitrogens is 2. The van der Waals surface area contributed by atoms with Crippen molar-refractivity contribution >= 4 is 11.6 Å². The maximum Gasteiger partial charge on any atom is 0.270 e. The largest absolute Gasteiger partial charge is 0.395 e. The second-order valence-electron chi connectivity index (χ2n) is 4.27. The molecule has 21 heavy (non-hydrogen) atoms. The van der Waals surface area contributed by atoms with Crippen molar-refractivity contribution < 1.29 is 18.7 Å². The first-order valence-corrected chi connectivity index (χ1v) is 6.19. The second kappa shape index (κ2) is 6.40. The number of alkyl halides is 2. The third-order valence-corrected chi connectivity index (χ3v) is 2.86. The summed E-state index contributed by atoms with van der Waals surface area (Å²) in [4.78, 5) is 29.0. The van der Waals surface area contributed by atoms with E-state index in [4.69, 9.17) is 5.11 Å². The number of aliphatic hydroxyl groups is 1. The van der Waals surface area contributed by atoms with Crippen molar-refractivity contribution in [3.63, 3.8) is 0 Å². The van der Waals surface area contributed by atoms with E-state index in [9.17, 15) is 18.4 Å². The lowest BCUT2D eigenvalue weighted by atomic mass is 10.2. The summed E-state index contributed by atoms with van der Waals surface area (Å²) < 4.78 is 26.1. The van der Waals surface area contributed by atoms with Crippen molar-refractivity contribution in [1.29, 1.82) is 0 Å². The normalized spacial score (nSPS) is 11.0. The van der Waals surface area contributed by atoms with Gasteiger partial charge < -0.3 is 10.0 Å². The lowest BCUT2D eigenvalue weighted by Gasteiger charge is -2.20. The van der Waals surface area contributed by atoms with Gasteiger partial charge in [0, 0.05) is 18.9 Å². The summed E-state index contributed by atoms with van der Waals surface area (Å²) in [6, 6.07) is 4.85. The molecule has 0 fully saturated rings. The summed E-state index contributed by atoms with van der Waals surface area (Å²) in [7, 11) is 0. The van der Waals surface area contributed by atoms with Crippen LogP contribution in [0.25, 0.3) is 5.65 Å². The van der Waals surface area contributed by atoms with E-state index in [0.717, 1.165) is 15.5 Å². The SMILES string of the molecule is O=C(c1cnc2ccccn2c1=O)N(CCO)CC(F)F. The Morgan fingerprint density at radius 1 is 1.43 bits per heavy atom. The molecule has 6 nitrogen and oxygen atoms in total. The number of halogens is 2. The first kappa shape index (κ1) is 15.0. The first-order chi connectivity index (χ1) is 10.0. The molecule has 0 aliphatic carbocycles. The predicted octanol–water partition coefficient (Wildman–Crippen LogP) is 0.394. The molecule has 0 saturated carbocycles. The number of rotatable bonds is 5. The number of carbonyl (C=O) groups is 1. The topological polar surface area (TPSA) is 74.9 Å². The van der Waals surface area contributed by atoms with Crippen LogP contribution in [0.1, 0.15) is 10.4 Å². The molecule has 1 amide bonds. The van der Waals surface area contributed by atoms with Crippen LogP contribution in [0.5, 0.6) is 0 Å². The van der Waals surface area contributed by atoms with Gasteiger partial charge >= 0.3 is 0 Å². The molecular formula is C13H13F2N3O3. The van der Waals surface area contributed by atoms with E-state index in [1.54, 1.807) is 18.2 Å². The molecule has 2 aromatic rings. The smallest absolute Gasteiger partial charge is 0.270 e. The molecule has 0 spiro atoms. The van der Waals surface area contributed by atoms with E-state index in [2.05, 4.69) is 4.98 Å². The third kappa shape index (κ3) is 3.22. The molecule has 0 atom stereocenters. The van der Waals surface area contributed by atoms with Crippen LogP contribution in [0.4, 0.5) is 8.78 Å². The first-order valence-electron chi connectivity index (χ1n) is 6.19. The highest BCUT2D eigenvalue weighted by molar-refractivity contribution is 5.93. The average Bonchev–Trinajstić information content (AvgIpc) is 2.46. The molecule has 2 heterocycles. The molecule has 2 aromatic heterocycles. The molecule has 2 rings (SSSR count). The summed E-state index contributed by atoms with van der Waals surface area (Å²) >= 11 is 0. The van der Waals surface area contributed by atoms with Gasteiger partial charge in [-0.05, 0) is 12.1 Å². The van der Waals surface area contributed by atoms with Gasteiger partial charge in [-0.1, -0.05) is 6.07 Å². The van der Waals surface area contributed by atoms with Gasteiger partial charge in [0.1, 0.15) is 11.2 Å². The van der Waals surface area contributed by atoms with E-state index < -0.39 is 31.0 Å². The van der Waals surface area contributed by atoms with E-state index in [0.29, 0.717) is 5.65 Å². The molecule has 0 aromatic carbocycles. The van der Waals surface area contributed by atoms with E-state index in [1.807, 2.05) is 0 Å². The van der Waals surface area contributed by atoms with Gasteiger partial charge in [-0.2, -0.15) is 0 Å². The Bertz CT molecular complexity index is 702. The fourth-order valence-electron chi connectivity index (χ4n) is 1.91. The van der Waals surface area contributed by atoms with Crippen molar-refractivity contribution in [3.8, 4) is 0 Å². The van der Waals surface area contributed by atoms with Crippen molar-refractivity contribution in [2.24, 2.45) is 0 Å².